The Labute approximate surface area is 199 Å². The van der Waals surface area contributed by atoms with Gasteiger partial charge in [-0.15, -0.1) is 11.3 Å². The number of benzene rings is 1. The lowest BCUT2D eigenvalue weighted by Gasteiger charge is -2.13. The molecule has 0 aliphatic carbocycles. The monoisotopic (exact) mass is 473 g/mol. The van der Waals surface area contributed by atoms with Gasteiger partial charge in [0.25, 0.3) is 0 Å². The summed E-state index contributed by atoms with van der Waals surface area (Å²) in [6.45, 7) is 2.13. The Kier molecular flexibility index (Phi) is 6.87. The molecule has 0 saturated carbocycles. The molecule has 1 aromatic carbocycles. The summed E-state index contributed by atoms with van der Waals surface area (Å²) in [4.78, 5) is 9.09. The van der Waals surface area contributed by atoms with Crippen molar-refractivity contribution in [3.05, 3.63) is 68.9 Å². The molecule has 0 aliphatic rings. The molecule has 2 N–H and O–H groups in total. The number of aromatic nitrogens is 2. The van der Waals surface area contributed by atoms with Crippen LogP contribution >= 0.6 is 34.4 Å². The summed E-state index contributed by atoms with van der Waals surface area (Å²) in [6, 6.07) is 14.4. The summed E-state index contributed by atoms with van der Waals surface area (Å²) in [6.07, 6.45) is 2.04. The first-order chi connectivity index (χ1) is 15.6. The van der Waals surface area contributed by atoms with Crippen LogP contribution in [0, 0.1) is 22.7 Å². The highest BCUT2D eigenvalue weighted by atomic mass is 32.2. The number of nitrogens with zero attached hydrogens (tertiary/aromatic N) is 4. The van der Waals surface area contributed by atoms with E-state index in [1.807, 2.05) is 35.0 Å². The van der Waals surface area contributed by atoms with Crippen LogP contribution in [-0.2, 0) is 12.2 Å². The minimum Gasteiger partial charge on any atom is -0.383 e. The number of nitrogen functional groups attached to an aromatic ring is 1. The van der Waals surface area contributed by atoms with Crippen molar-refractivity contribution in [1.82, 2.24) is 9.97 Å². The van der Waals surface area contributed by atoms with E-state index < -0.39 is 0 Å². The molecular weight excluding hydrogens is 455 g/mol. The molecule has 0 atom stereocenters. The van der Waals surface area contributed by atoms with Crippen LogP contribution in [0.5, 0.6) is 0 Å². The number of nitriles is 2. The first-order valence-electron chi connectivity index (χ1n) is 9.97. The van der Waals surface area contributed by atoms with Crippen LogP contribution in [-0.4, -0.2) is 9.97 Å². The SMILES string of the molecule is CCCc1ccc(-c2c(C#N)c(N)nc(SCc3csc(-c4ccsc4)n3)c2C#N)cc1. The number of thiophene rings is 1. The third kappa shape index (κ3) is 4.53. The maximum absolute atomic E-state index is 9.97. The van der Waals surface area contributed by atoms with E-state index in [1.54, 1.807) is 22.7 Å². The Bertz CT molecular complexity index is 1310. The van der Waals surface area contributed by atoms with E-state index in [0.29, 0.717) is 21.9 Å². The molecule has 0 aliphatic heterocycles. The highest BCUT2D eigenvalue weighted by Gasteiger charge is 2.21. The molecule has 0 fully saturated rings. The largest absolute Gasteiger partial charge is 0.383 e. The highest BCUT2D eigenvalue weighted by molar-refractivity contribution is 7.98. The van der Waals surface area contributed by atoms with E-state index in [-0.39, 0.29) is 11.4 Å². The van der Waals surface area contributed by atoms with Gasteiger partial charge in [0.2, 0.25) is 0 Å². The topological polar surface area (TPSA) is 99.4 Å². The maximum Gasteiger partial charge on any atom is 0.143 e. The second kappa shape index (κ2) is 9.97. The van der Waals surface area contributed by atoms with Gasteiger partial charge in [0.1, 0.15) is 33.6 Å². The molecule has 0 amide bonds. The minimum absolute atomic E-state index is 0.138. The Hall–Kier alpha value is -3.17. The molecule has 158 valence electrons. The van der Waals surface area contributed by atoms with Crippen LogP contribution in [0.15, 0.2) is 51.5 Å². The zero-order chi connectivity index (χ0) is 22.5. The second-order valence-corrected chi connectivity index (χ2v) is 9.64. The zero-order valence-electron chi connectivity index (χ0n) is 17.3. The van der Waals surface area contributed by atoms with Gasteiger partial charge in [-0.3, -0.25) is 0 Å². The van der Waals surface area contributed by atoms with Crippen LogP contribution in [0.3, 0.4) is 0 Å². The predicted octanol–water partition coefficient (Wildman–Crippen LogP) is 6.50. The number of pyridine rings is 1. The summed E-state index contributed by atoms with van der Waals surface area (Å²) in [5.74, 6) is 0.696. The van der Waals surface area contributed by atoms with Gasteiger partial charge in [-0.25, -0.2) is 9.97 Å². The summed E-state index contributed by atoms with van der Waals surface area (Å²) in [5, 5.41) is 27.3. The standard InChI is InChI=1S/C24H19N5S3/c1-2-3-15-4-6-16(7-5-15)21-19(10-25)22(27)29-24(20(21)11-26)32-14-18-13-31-23(28-18)17-8-9-30-12-17/h4-9,12-13H,2-3,14H2,1H3,(H2,27,29). The first-order valence-corrected chi connectivity index (χ1v) is 12.8. The van der Waals surface area contributed by atoms with Crippen LogP contribution in [0.1, 0.15) is 35.7 Å². The van der Waals surface area contributed by atoms with Gasteiger partial charge in [-0.1, -0.05) is 49.4 Å². The van der Waals surface area contributed by atoms with E-state index in [4.69, 9.17) is 10.7 Å². The zero-order valence-corrected chi connectivity index (χ0v) is 19.8. The van der Waals surface area contributed by atoms with Gasteiger partial charge in [0, 0.05) is 27.6 Å². The molecule has 4 aromatic rings. The lowest BCUT2D eigenvalue weighted by Crippen LogP contribution is -2.03. The fourth-order valence-electron chi connectivity index (χ4n) is 3.35. The van der Waals surface area contributed by atoms with E-state index in [1.165, 1.54) is 17.3 Å². The number of aryl methyl sites for hydroxylation is 1. The number of hydrogen-bond acceptors (Lipinski definition) is 8. The van der Waals surface area contributed by atoms with Crippen molar-refractivity contribution in [3.8, 4) is 33.8 Å². The number of rotatable bonds is 7. The Balaban J connectivity index is 1.67. The van der Waals surface area contributed by atoms with Gasteiger partial charge >= 0.3 is 0 Å². The van der Waals surface area contributed by atoms with Gasteiger partial charge in [-0.2, -0.15) is 21.9 Å². The van der Waals surface area contributed by atoms with E-state index in [9.17, 15) is 10.5 Å². The molecule has 3 heterocycles. The molecule has 0 bridgehead atoms. The summed E-state index contributed by atoms with van der Waals surface area (Å²) in [7, 11) is 0. The third-order valence-electron chi connectivity index (χ3n) is 4.87. The normalized spacial score (nSPS) is 10.6. The summed E-state index contributed by atoms with van der Waals surface area (Å²) < 4.78 is 0. The molecule has 0 unspecified atom stereocenters. The molecule has 3 aromatic heterocycles. The molecule has 5 nitrogen and oxygen atoms in total. The van der Waals surface area contributed by atoms with Crippen LogP contribution < -0.4 is 5.73 Å². The van der Waals surface area contributed by atoms with Crippen molar-refractivity contribution in [2.24, 2.45) is 0 Å². The Morgan fingerprint density at radius 3 is 2.44 bits per heavy atom. The number of nitrogens with two attached hydrogens (primary N) is 1. The molecule has 0 saturated heterocycles. The van der Waals surface area contributed by atoms with Gasteiger partial charge in [-0.05, 0) is 29.0 Å². The Morgan fingerprint density at radius 2 is 1.78 bits per heavy atom. The first kappa shape index (κ1) is 22.0. The molecule has 4 rings (SSSR count). The van der Waals surface area contributed by atoms with Crippen LogP contribution in [0.25, 0.3) is 21.7 Å². The number of hydrogen-bond donors (Lipinski definition) is 1. The molecule has 0 spiro atoms. The van der Waals surface area contributed by atoms with E-state index in [2.05, 4.69) is 35.5 Å². The number of thioether (sulfide) groups is 1. The van der Waals surface area contributed by atoms with Crippen molar-refractivity contribution in [1.29, 1.82) is 10.5 Å². The van der Waals surface area contributed by atoms with E-state index >= 15 is 0 Å². The summed E-state index contributed by atoms with van der Waals surface area (Å²) >= 11 is 4.65. The Morgan fingerprint density at radius 1 is 1.00 bits per heavy atom. The fraction of sp³-hybridized carbons (Fsp3) is 0.167. The van der Waals surface area contributed by atoms with Crippen molar-refractivity contribution in [2.75, 3.05) is 5.73 Å². The van der Waals surface area contributed by atoms with Crippen molar-refractivity contribution in [2.45, 2.75) is 30.5 Å². The number of thiazole rings is 1. The fourth-order valence-corrected chi connectivity index (χ4v) is 5.88. The quantitative estimate of drug-likeness (QED) is 0.307. The predicted molar refractivity (Wildman–Crippen MR) is 132 cm³/mol. The maximum atomic E-state index is 9.97. The molecular formula is C24H19N5S3. The average molecular weight is 474 g/mol. The average Bonchev–Trinajstić information content (AvgIpc) is 3.50. The minimum atomic E-state index is 0.138. The molecule has 0 radical (unpaired) electrons. The van der Waals surface area contributed by atoms with Gasteiger partial charge in [0.15, 0.2) is 0 Å². The van der Waals surface area contributed by atoms with Gasteiger partial charge < -0.3 is 5.73 Å². The van der Waals surface area contributed by atoms with Crippen LogP contribution in [0.4, 0.5) is 5.82 Å². The summed E-state index contributed by atoms with van der Waals surface area (Å²) in [5.41, 5.74) is 11.3. The van der Waals surface area contributed by atoms with Gasteiger partial charge in [0.05, 0.1) is 11.3 Å². The van der Waals surface area contributed by atoms with Crippen molar-refractivity contribution in [3.63, 3.8) is 0 Å². The molecule has 32 heavy (non-hydrogen) atoms. The molecule has 8 heteroatoms. The lowest BCUT2D eigenvalue weighted by molar-refractivity contribution is 0.922. The van der Waals surface area contributed by atoms with Crippen LogP contribution in [0.2, 0.25) is 0 Å². The van der Waals surface area contributed by atoms with E-state index in [0.717, 1.165) is 34.7 Å². The van der Waals surface area contributed by atoms with Crippen molar-refractivity contribution < 1.29 is 0 Å². The smallest absolute Gasteiger partial charge is 0.143 e. The lowest BCUT2D eigenvalue weighted by atomic mass is 9.95. The third-order valence-corrected chi connectivity index (χ3v) is 7.51. The highest BCUT2D eigenvalue weighted by Crippen LogP contribution is 2.37. The second-order valence-electron chi connectivity index (χ2n) is 7.04. The number of anilines is 1. The van der Waals surface area contributed by atoms with Crippen molar-refractivity contribution >= 4 is 40.3 Å².